The van der Waals surface area contributed by atoms with Crippen LogP contribution in [0.5, 0.6) is 0 Å². The smallest absolute Gasteiger partial charge is 0.266 e. The van der Waals surface area contributed by atoms with E-state index in [4.69, 9.17) is 4.18 Å². The Morgan fingerprint density at radius 1 is 1.25 bits per heavy atom. The molecule has 0 heterocycles. The molecule has 0 unspecified atom stereocenters. The standard InChI is InChI=1S/C11H15O4S/c1-10-5-4-6-11(9-10)16(13,14)15-8-3-2-7-12/h4-6,9H,2-3,7-8H2,1H3. The fourth-order valence-electron chi connectivity index (χ4n) is 1.21. The number of unbranched alkanes of at least 4 members (excludes halogenated alkanes) is 1. The lowest BCUT2D eigenvalue weighted by Crippen LogP contribution is -2.08. The van der Waals surface area contributed by atoms with Crippen molar-refractivity contribution in [2.45, 2.75) is 24.7 Å². The van der Waals surface area contributed by atoms with E-state index in [1.165, 1.54) is 6.07 Å². The van der Waals surface area contributed by atoms with Crippen molar-refractivity contribution in [2.75, 3.05) is 13.2 Å². The Kier molecular flexibility index (Phi) is 4.92. The lowest BCUT2D eigenvalue weighted by atomic mass is 10.2. The summed E-state index contributed by atoms with van der Waals surface area (Å²) in [5, 5.41) is 10.2. The molecule has 5 heteroatoms. The van der Waals surface area contributed by atoms with Crippen molar-refractivity contribution in [1.29, 1.82) is 0 Å². The molecule has 0 N–H and O–H groups in total. The van der Waals surface area contributed by atoms with Gasteiger partial charge in [-0.1, -0.05) is 12.1 Å². The molecule has 1 rings (SSSR count). The van der Waals surface area contributed by atoms with Crippen LogP contribution in [-0.2, 0) is 19.4 Å². The Hall–Kier alpha value is -0.910. The lowest BCUT2D eigenvalue weighted by molar-refractivity contribution is 0.178. The highest BCUT2D eigenvalue weighted by atomic mass is 32.2. The highest BCUT2D eigenvalue weighted by molar-refractivity contribution is 7.86. The maximum atomic E-state index is 11.6. The molecule has 0 saturated carbocycles. The molecule has 1 aromatic carbocycles. The fourth-order valence-corrected chi connectivity index (χ4v) is 2.26. The van der Waals surface area contributed by atoms with Crippen LogP contribution in [0.2, 0.25) is 0 Å². The number of rotatable bonds is 6. The van der Waals surface area contributed by atoms with Crippen molar-refractivity contribution < 1.29 is 17.7 Å². The van der Waals surface area contributed by atoms with E-state index in [1.807, 2.05) is 13.0 Å². The van der Waals surface area contributed by atoms with Gasteiger partial charge in [0.15, 0.2) is 0 Å². The first-order valence-corrected chi connectivity index (χ1v) is 6.51. The van der Waals surface area contributed by atoms with Gasteiger partial charge in [-0.2, -0.15) is 8.42 Å². The van der Waals surface area contributed by atoms with Crippen LogP contribution in [0.3, 0.4) is 0 Å². The molecule has 0 bridgehead atoms. The second-order valence-electron chi connectivity index (χ2n) is 3.50. The van der Waals surface area contributed by atoms with Crippen LogP contribution in [0.1, 0.15) is 18.4 Å². The van der Waals surface area contributed by atoms with Crippen LogP contribution in [0.4, 0.5) is 0 Å². The Morgan fingerprint density at radius 2 is 2.00 bits per heavy atom. The summed E-state index contributed by atoms with van der Waals surface area (Å²) < 4.78 is 28.1. The zero-order valence-corrected chi connectivity index (χ0v) is 10.00. The molecule has 1 radical (unpaired) electrons. The Labute approximate surface area is 96.0 Å². The Balaban J connectivity index is 2.64. The average Bonchev–Trinajstić information content (AvgIpc) is 2.24. The van der Waals surface area contributed by atoms with E-state index >= 15 is 0 Å². The van der Waals surface area contributed by atoms with Gasteiger partial charge in [0.05, 0.1) is 18.1 Å². The van der Waals surface area contributed by atoms with E-state index in [-0.39, 0.29) is 18.1 Å². The van der Waals surface area contributed by atoms with Crippen LogP contribution < -0.4 is 0 Å². The van der Waals surface area contributed by atoms with E-state index in [0.717, 1.165) is 5.56 Å². The topological polar surface area (TPSA) is 63.3 Å². The predicted molar refractivity (Wildman–Crippen MR) is 59.1 cm³/mol. The summed E-state index contributed by atoms with van der Waals surface area (Å²) in [5.41, 5.74) is 0.865. The van der Waals surface area contributed by atoms with E-state index in [2.05, 4.69) is 0 Å². The minimum Gasteiger partial charge on any atom is -0.266 e. The van der Waals surface area contributed by atoms with Gasteiger partial charge in [0.2, 0.25) is 0 Å². The molecule has 0 aliphatic carbocycles. The van der Waals surface area contributed by atoms with Crippen molar-refractivity contribution in [3.05, 3.63) is 29.8 Å². The summed E-state index contributed by atoms with van der Waals surface area (Å²) in [6.07, 6.45) is 0.901. The fraction of sp³-hybridized carbons (Fsp3) is 0.455. The van der Waals surface area contributed by atoms with E-state index in [1.54, 1.807) is 12.1 Å². The first-order chi connectivity index (χ1) is 7.56. The molecular formula is C11H15O4S. The molecule has 0 amide bonds. The first-order valence-electron chi connectivity index (χ1n) is 5.10. The molecule has 1 aromatic rings. The molecule has 0 fully saturated rings. The second kappa shape index (κ2) is 5.98. The van der Waals surface area contributed by atoms with E-state index in [9.17, 15) is 13.5 Å². The third kappa shape index (κ3) is 3.92. The second-order valence-corrected chi connectivity index (χ2v) is 5.12. The predicted octanol–water partition coefficient (Wildman–Crippen LogP) is 1.91. The summed E-state index contributed by atoms with van der Waals surface area (Å²) in [7, 11) is -3.67. The van der Waals surface area contributed by atoms with Gasteiger partial charge in [-0.05, 0) is 37.5 Å². The number of hydrogen-bond acceptors (Lipinski definition) is 3. The van der Waals surface area contributed by atoms with Crippen LogP contribution in [0.15, 0.2) is 29.2 Å². The van der Waals surface area contributed by atoms with Gasteiger partial charge in [-0.25, -0.2) is 5.11 Å². The van der Waals surface area contributed by atoms with Crippen molar-refractivity contribution in [2.24, 2.45) is 0 Å². The SMILES string of the molecule is Cc1cccc(S(=O)(=O)OCCCC[O])c1. The van der Waals surface area contributed by atoms with Crippen molar-refractivity contribution in [3.63, 3.8) is 0 Å². The van der Waals surface area contributed by atoms with Crippen LogP contribution in [-0.4, -0.2) is 21.6 Å². The maximum Gasteiger partial charge on any atom is 0.296 e. The van der Waals surface area contributed by atoms with Crippen molar-refractivity contribution in [1.82, 2.24) is 0 Å². The number of aryl methyl sites for hydroxylation is 1. The van der Waals surface area contributed by atoms with Gasteiger partial charge in [-0.3, -0.25) is 4.18 Å². The van der Waals surface area contributed by atoms with Crippen molar-refractivity contribution in [3.8, 4) is 0 Å². The summed E-state index contributed by atoms with van der Waals surface area (Å²) >= 11 is 0. The molecule has 89 valence electrons. The van der Waals surface area contributed by atoms with Gasteiger partial charge in [0.1, 0.15) is 0 Å². The molecule has 16 heavy (non-hydrogen) atoms. The first kappa shape index (κ1) is 13.2. The molecule has 0 atom stereocenters. The minimum absolute atomic E-state index is 0.0680. The molecule has 0 saturated heterocycles. The third-order valence-electron chi connectivity index (χ3n) is 2.06. The van der Waals surface area contributed by atoms with Gasteiger partial charge >= 0.3 is 0 Å². The highest BCUT2D eigenvalue weighted by Gasteiger charge is 2.14. The maximum absolute atomic E-state index is 11.6. The summed E-state index contributed by atoms with van der Waals surface area (Å²) in [5.74, 6) is 0. The van der Waals surface area contributed by atoms with Gasteiger partial charge in [-0.15, -0.1) is 0 Å². The zero-order chi connectivity index (χ0) is 12.0. The average molecular weight is 243 g/mol. The van der Waals surface area contributed by atoms with Crippen LogP contribution >= 0.6 is 0 Å². The molecular weight excluding hydrogens is 228 g/mol. The van der Waals surface area contributed by atoms with Crippen molar-refractivity contribution >= 4 is 10.1 Å². The van der Waals surface area contributed by atoms with Crippen LogP contribution in [0.25, 0.3) is 0 Å². The molecule has 0 aromatic heterocycles. The number of hydrogen-bond donors (Lipinski definition) is 0. The number of benzene rings is 1. The van der Waals surface area contributed by atoms with Gasteiger partial charge in [0.25, 0.3) is 10.1 Å². The minimum atomic E-state index is -3.67. The van der Waals surface area contributed by atoms with E-state index in [0.29, 0.717) is 12.8 Å². The van der Waals surface area contributed by atoms with Crippen LogP contribution in [0, 0.1) is 6.92 Å². The molecule has 0 aliphatic heterocycles. The van der Waals surface area contributed by atoms with E-state index < -0.39 is 10.1 Å². The van der Waals surface area contributed by atoms with Gasteiger partial charge in [0, 0.05) is 0 Å². The Morgan fingerprint density at radius 3 is 2.62 bits per heavy atom. The molecule has 0 aliphatic rings. The zero-order valence-electron chi connectivity index (χ0n) is 9.18. The normalized spacial score (nSPS) is 11.6. The summed E-state index contributed by atoms with van der Waals surface area (Å²) in [6.45, 7) is 1.68. The largest absolute Gasteiger partial charge is 0.296 e. The summed E-state index contributed by atoms with van der Waals surface area (Å²) in [4.78, 5) is 0.162. The summed E-state index contributed by atoms with van der Waals surface area (Å²) in [6, 6.07) is 6.54. The highest BCUT2D eigenvalue weighted by Crippen LogP contribution is 2.14. The lowest BCUT2D eigenvalue weighted by Gasteiger charge is -2.05. The monoisotopic (exact) mass is 243 g/mol. The third-order valence-corrected chi connectivity index (χ3v) is 3.36. The van der Waals surface area contributed by atoms with Gasteiger partial charge < -0.3 is 0 Å². The molecule has 0 spiro atoms. The molecule has 4 nitrogen and oxygen atoms in total. The quantitative estimate of drug-likeness (QED) is 0.566. The Bertz CT molecular complexity index is 425.